The van der Waals surface area contributed by atoms with Crippen molar-refractivity contribution in [3.63, 3.8) is 0 Å². The summed E-state index contributed by atoms with van der Waals surface area (Å²) >= 11 is 0. The predicted molar refractivity (Wildman–Crippen MR) is 67.5 cm³/mol. The number of hydrogen-bond donors (Lipinski definition) is 0. The Morgan fingerprint density at radius 1 is 1.00 bits per heavy atom. The third kappa shape index (κ3) is 3.41. The van der Waals surface area contributed by atoms with E-state index in [1.54, 1.807) is 18.2 Å². The van der Waals surface area contributed by atoms with Crippen LogP contribution < -0.4 is 4.74 Å². The fourth-order valence-electron chi connectivity index (χ4n) is 1.56. The summed E-state index contributed by atoms with van der Waals surface area (Å²) in [5.41, 5.74) is 1.62. The van der Waals surface area contributed by atoms with Gasteiger partial charge in [-0.2, -0.15) is 0 Å². The zero-order valence-electron chi connectivity index (χ0n) is 9.37. The minimum Gasteiger partial charge on any atom is -0.493 e. The molecule has 0 heterocycles. The smallest absolute Gasteiger partial charge is 0.121 e. The minimum absolute atomic E-state index is 0.391. The molecule has 2 aromatic rings. The van der Waals surface area contributed by atoms with E-state index in [-0.39, 0.29) is 0 Å². The standard InChI is InChI=1S/C14H13NO2/c16-15-13-7-4-8-14(11-13)17-10-9-12-5-2-1-3-6-12/h1-8,11H,9-10H2. The van der Waals surface area contributed by atoms with Crippen LogP contribution in [-0.2, 0) is 6.42 Å². The van der Waals surface area contributed by atoms with Gasteiger partial charge in [0.2, 0.25) is 0 Å². The van der Waals surface area contributed by atoms with Crippen LogP contribution in [0.15, 0.2) is 59.8 Å². The van der Waals surface area contributed by atoms with Crippen molar-refractivity contribution in [1.29, 1.82) is 0 Å². The summed E-state index contributed by atoms with van der Waals surface area (Å²) in [6, 6.07) is 17.0. The summed E-state index contributed by atoms with van der Waals surface area (Å²) in [6.07, 6.45) is 0.847. The first kappa shape index (κ1) is 11.3. The van der Waals surface area contributed by atoms with Crippen molar-refractivity contribution in [2.45, 2.75) is 6.42 Å². The van der Waals surface area contributed by atoms with E-state index >= 15 is 0 Å². The van der Waals surface area contributed by atoms with Gasteiger partial charge in [-0.3, -0.25) is 0 Å². The van der Waals surface area contributed by atoms with Crippen molar-refractivity contribution in [3.05, 3.63) is 65.1 Å². The van der Waals surface area contributed by atoms with Gasteiger partial charge in [0.15, 0.2) is 0 Å². The third-order valence-electron chi connectivity index (χ3n) is 2.43. The highest BCUT2D eigenvalue weighted by Gasteiger charge is 1.97. The van der Waals surface area contributed by atoms with Crippen molar-refractivity contribution in [2.24, 2.45) is 5.18 Å². The number of nitroso groups, excluding NO2 is 1. The Balaban J connectivity index is 1.88. The SMILES string of the molecule is O=Nc1cccc(OCCc2ccccc2)c1. The van der Waals surface area contributed by atoms with Crippen LogP contribution in [0.4, 0.5) is 5.69 Å². The molecule has 0 aliphatic rings. The van der Waals surface area contributed by atoms with Gasteiger partial charge >= 0.3 is 0 Å². The molecule has 0 atom stereocenters. The van der Waals surface area contributed by atoms with Crippen molar-refractivity contribution in [3.8, 4) is 5.75 Å². The minimum atomic E-state index is 0.391. The highest BCUT2D eigenvalue weighted by atomic mass is 16.5. The molecule has 17 heavy (non-hydrogen) atoms. The number of rotatable bonds is 5. The van der Waals surface area contributed by atoms with E-state index in [1.165, 1.54) is 5.56 Å². The van der Waals surface area contributed by atoms with Crippen LogP contribution in [0, 0.1) is 4.91 Å². The molecule has 0 aliphatic carbocycles. The molecule has 2 rings (SSSR count). The van der Waals surface area contributed by atoms with E-state index in [2.05, 4.69) is 17.3 Å². The summed E-state index contributed by atoms with van der Waals surface area (Å²) in [7, 11) is 0. The van der Waals surface area contributed by atoms with Crippen LogP contribution >= 0.6 is 0 Å². The molecule has 0 N–H and O–H groups in total. The fraction of sp³-hybridized carbons (Fsp3) is 0.143. The van der Waals surface area contributed by atoms with Gasteiger partial charge in [0.25, 0.3) is 0 Å². The molecule has 0 spiro atoms. The van der Waals surface area contributed by atoms with Crippen molar-refractivity contribution < 1.29 is 4.74 Å². The monoisotopic (exact) mass is 227 g/mol. The molecule has 0 aromatic heterocycles. The van der Waals surface area contributed by atoms with Gasteiger partial charge in [-0.25, -0.2) is 0 Å². The lowest BCUT2D eigenvalue weighted by Gasteiger charge is -2.06. The first-order chi connectivity index (χ1) is 8.38. The van der Waals surface area contributed by atoms with Crippen LogP contribution in [0.25, 0.3) is 0 Å². The quantitative estimate of drug-likeness (QED) is 0.730. The Labute approximate surface area is 100 Å². The van der Waals surface area contributed by atoms with Crippen molar-refractivity contribution in [1.82, 2.24) is 0 Å². The average Bonchev–Trinajstić information content (AvgIpc) is 2.40. The van der Waals surface area contributed by atoms with Gasteiger partial charge in [0.1, 0.15) is 11.4 Å². The van der Waals surface area contributed by atoms with Crippen molar-refractivity contribution in [2.75, 3.05) is 6.61 Å². The Bertz CT molecular complexity index is 483. The van der Waals surface area contributed by atoms with Gasteiger partial charge in [-0.15, -0.1) is 4.91 Å². The molecule has 0 amide bonds. The summed E-state index contributed by atoms with van der Waals surface area (Å²) in [5.74, 6) is 0.679. The molecule has 3 nitrogen and oxygen atoms in total. The zero-order chi connectivity index (χ0) is 11.9. The first-order valence-corrected chi connectivity index (χ1v) is 5.48. The highest BCUT2D eigenvalue weighted by Crippen LogP contribution is 2.19. The lowest BCUT2D eigenvalue weighted by Crippen LogP contribution is -2.00. The molecule has 2 aromatic carbocycles. The molecule has 0 saturated carbocycles. The summed E-state index contributed by atoms with van der Waals surface area (Å²) in [6.45, 7) is 0.590. The van der Waals surface area contributed by atoms with Crippen LogP contribution in [0.3, 0.4) is 0 Å². The Morgan fingerprint density at radius 2 is 1.82 bits per heavy atom. The second-order valence-corrected chi connectivity index (χ2v) is 3.67. The molecular weight excluding hydrogens is 214 g/mol. The molecule has 0 saturated heterocycles. The second kappa shape index (κ2) is 5.80. The number of ether oxygens (including phenoxy) is 1. The second-order valence-electron chi connectivity index (χ2n) is 3.67. The maximum absolute atomic E-state index is 10.3. The van der Waals surface area contributed by atoms with Gasteiger partial charge in [-0.05, 0) is 22.9 Å². The normalized spacial score (nSPS) is 9.88. The Kier molecular flexibility index (Phi) is 3.86. The average molecular weight is 227 g/mol. The molecule has 86 valence electrons. The summed E-state index contributed by atoms with van der Waals surface area (Å²) < 4.78 is 5.55. The lowest BCUT2D eigenvalue weighted by molar-refractivity contribution is 0.322. The fourth-order valence-corrected chi connectivity index (χ4v) is 1.56. The van der Waals surface area contributed by atoms with E-state index in [0.717, 1.165) is 6.42 Å². The first-order valence-electron chi connectivity index (χ1n) is 5.48. The van der Waals surface area contributed by atoms with Crippen molar-refractivity contribution >= 4 is 5.69 Å². The zero-order valence-corrected chi connectivity index (χ0v) is 9.37. The number of nitrogens with zero attached hydrogens (tertiary/aromatic N) is 1. The molecule has 0 radical (unpaired) electrons. The van der Waals surface area contributed by atoms with Crippen LogP contribution in [0.1, 0.15) is 5.56 Å². The topological polar surface area (TPSA) is 38.7 Å². The molecule has 0 fully saturated rings. The van der Waals surface area contributed by atoms with E-state index in [1.807, 2.05) is 24.3 Å². The van der Waals surface area contributed by atoms with E-state index in [0.29, 0.717) is 18.0 Å². The largest absolute Gasteiger partial charge is 0.493 e. The van der Waals surface area contributed by atoms with E-state index in [4.69, 9.17) is 4.74 Å². The van der Waals surface area contributed by atoms with Gasteiger partial charge in [0.05, 0.1) is 6.61 Å². The Morgan fingerprint density at radius 3 is 2.59 bits per heavy atom. The van der Waals surface area contributed by atoms with E-state index in [9.17, 15) is 4.91 Å². The number of hydrogen-bond acceptors (Lipinski definition) is 3. The maximum atomic E-state index is 10.3. The molecule has 0 unspecified atom stereocenters. The molecule has 0 aliphatic heterocycles. The maximum Gasteiger partial charge on any atom is 0.121 e. The molecule has 0 bridgehead atoms. The molecular formula is C14H13NO2. The van der Waals surface area contributed by atoms with Crippen LogP contribution in [0.2, 0.25) is 0 Å². The van der Waals surface area contributed by atoms with Crippen LogP contribution in [0.5, 0.6) is 5.75 Å². The third-order valence-corrected chi connectivity index (χ3v) is 2.43. The summed E-state index contributed by atoms with van der Waals surface area (Å²) in [5, 5.41) is 2.87. The summed E-state index contributed by atoms with van der Waals surface area (Å²) in [4.78, 5) is 10.3. The highest BCUT2D eigenvalue weighted by molar-refractivity contribution is 5.42. The van der Waals surface area contributed by atoms with Gasteiger partial charge < -0.3 is 4.74 Å². The van der Waals surface area contributed by atoms with Crippen LogP contribution in [-0.4, -0.2) is 6.61 Å². The van der Waals surface area contributed by atoms with E-state index < -0.39 is 0 Å². The predicted octanol–water partition coefficient (Wildman–Crippen LogP) is 3.71. The Hall–Kier alpha value is -2.16. The lowest BCUT2D eigenvalue weighted by atomic mass is 10.2. The number of benzene rings is 2. The van der Waals surface area contributed by atoms with Gasteiger partial charge in [0, 0.05) is 12.5 Å². The molecule has 3 heteroatoms. The van der Waals surface area contributed by atoms with Gasteiger partial charge in [-0.1, -0.05) is 36.4 Å².